The van der Waals surface area contributed by atoms with E-state index in [4.69, 9.17) is 10.7 Å². The molecule has 5 aromatic rings. The van der Waals surface area contributed by atoms with Gasteiger partial charge >= 0.3 is 0 Å². The SMILES string of the molecule is Cc1cnc(-c2ccc(-c3cnn4c(N)c(S(C)(=O)=O)c(C5C[C@H]6CC[C@@H](C5)N6C(=O)c5ncn[nH]5)nc34)cn2)s1. The van der Waals surface area contributed by atoms with E-state index in [1.165, 1.54) is 10.8 Å². The topological polar surface area (TPSA) is 178 Å². The minimum atomic E-state index is -3.74. The van der Waals surface area contributed by atoms with E-state index in [1.807, 2.05) is 30.2 Å². The van der Waals surface area contributed by atoms with Gasteiger partial charge in [-0.2, -0.15) is 14.7 Å². The number of H-pyrrole nitrogens is 1. The predicted molar refractivity (Wildman–Crippen MR) is 151 cm³/mol. The third-order valence-corrected chi connectivity index (χ3v) is 10.0. The number of nitrogens with zero attached hydrogens (tertiary/aromatic N) is 8. The summed E-state index contributed by atoms with van der Waals surface area (Å²) in [5.74, 6) is -0.176. The quantitative estimate of drug-likeness (QED) is 0.309. The number of fused-ring (bicyclic) bond motifs is 3. The number of nitrogens with one attached hydrogen (secondary N) is 1. The van der Waals surface area contributed by atoms with Gasteiger partial charge in [-0.15, -0.1) is 11.3 Å². The maximum Gasteiger partial charge on any atom is 0.291 e. The first-order chi connectivity index (χ1) is 19.7. The number of sulfone groups is 1. The number of aromatic nitrogens is 8. The van der Waals surface area contributed by atoms with Crippen molar-refractivity contribution in [2.45, 2.75) is 55.5 Å². The van der Waals surface area contributed by atoms with E-state index < -0.39 is 9.84 Å². The average molecular weight is 591 g/mol. The molecule has 2 aliphatic rings. The van der Waals surface area contributed by atoms with Crippen molar-refractivity contribution in [3.05, 3.63) is 53.4 Å². The monoisotopic (exact) mass is 590 g/mol. The molecule has 1 amide bonds. The number of nitrogens with two attached hydrogens (primary N) is 1. The van der Waals surface area contributed by atoms with Crippen LogP contribution in [0.5, 0.6) is 0 Å². The highest BCUT2D eigenvalue weighted by Gasteiger charge is 2.46. The molecule has 7 heterocycles. The summed E-state index contributed by atoms with van der Waals surface area (Å²) in [6.45, 7) is 2.00. The number of thiazole rings is 1. The van der Waals surface area contributed by atoms with E-state index in [1.54, 1.807) is 23.7 Å². The number of aryl methyl sites for hydroxylation is 1. The molecule has 2 bridgehead atoms. The molecule has 2 aliphatic heterocycles. The lowest BCUT2D eigenvalue weighted by molar-refractivity contribution is 0.0556. The molecular formula is C26H26N10O3S2. The Hall–Kier alpha value is -4.24. The first-order valence-corrected chi connectivity index (χ1v) is 15.8. The molecular weight excluding hydrogens is 564 g/mol. The fourth-order valence-electron chi connectivity index (χ4n) is 6.19. The normalized spacial score (nSPS) is 20.6. The molecule has 0 aromatic carbocycles. The van der Waals surface area contributed by atoms with Crippen LogP contribution in [0.2, 0.25) is 0 Å². The Balaban J connectivity index is 1.28. The van der Waals surface area contributed by atoms with Crippen molar-refractivity contribution in [2.75, 3.05) is 12.0 Å². The Morgan fingerprint density at radius 3 is 2.49 bits per heavy atom. The van der Waals surface area contributed by atoms with Gasteiger partial charge in [-0.1, -0.05) is 6.07 Å². The van der Waals surface area contributed by atoms with Crippen molar-refractivity contribution in [2.24, 2.45) is 0 Å². The molecule has 3 N–H and O–H groups in total. The number of hydrogen-bond donors (Lipinski definition) is 2. The van der Waals surface area contributed by atoms with Crippen LogP contribution in [0.3, 0.4) is 0 Å². The van der Waals surface area contributed by atoms with Gasteiger partial charge in [0.1, 0.15) is 22.0 Å². The molecule has 1 unspecified atom stereocenters. The molecule has 15 heteroatoms. The second kappa shape index (κ2) is 9.41. The van der Waals surface area contributed by atoms with Gasteiger partial charge < -0.3 is 10.6 Å². The van der Waals surface area contributed by atoms with Crippen LogP contribution in [0.1, 0.15) is 52.8 Å². The Bertz CT molecular complexity index is 1880. The molecule has 2 fully saturated rings. The number of nitrogen functional groups attached to an aromatic ring is 1. The van der Waals surface area contributed by atoms with E-state index in [9.17, 15) is 13.2 Å². The third-order valence-electron chi connectivity index (χ3n) is 7.92. The summed E-state index contributed by atoms with van der Waals surface area (Å²) in [6.07, 6.45) is 10.4. The van der Waals surface area contributed by atoms with Crippen LogP contribution in [0.15, 0.2) is 41.9 Å². The molecule has 7 rings (SSSR count). The van der Waals surface area contributed by atoms with Gasteiger partial charge in [0.25, 0.3) is 5.91 Å². The van der Waals surface area contributed by atoms with Crippen molar-refractivity contribution in [3.63, 3.8) is 0 Å². The van der Waals surface area contributed by atoms with E-state index in [2.05, 4.69) is 30.2 Å². The predicted octanol–water partition coefficient (Wildman–Crippen LogP) is 2.88. The van der Waals surface area contributed by atoms with Crippen LogP contribution in [-0.4, -0.2) is 77.3 Å². The second-order valence-corrected chi connectivity index (χ2v) is 13.8. The second-order valence-electron chi connectivity index (χ2n) is 10.6. The number of carbonyl (C=O) groups is 1. The number of amides is 1. The van der Waals surface area contributed by atoms with Crippen molar-refractivity contribution < 1.29 is 13.2 Å². The first kappa shape index (κ1) is 25.7. The number of rotatable bonds is 5. The maximum absolute atomic E-state index is 13.1. The summed E-state index contributed by atoms with van der Waals surface area (Å²) in [6, 6.07) is 3.68. The molecule has 3 atom stereocenters. The number of carbonyl (C=O) groups excluding carboxylic acids is 1. The van der Waals surface area contributed by atoms with Gasteiger partial charge in [-0.25, -0.2) is 23.4 Å². The van der Waals surface area contributed by atoms with Crippen LogP contribution in [-0.2, 0) is 9.84 Å². The summed E-state index contributed by atoms with van der Waals surface area (Å²) in [5, 5.41) is 11.7. The molecule has 0 aliphatic carbocycles. The zero-order valence-corrected chi connectivity index (χ0v) is 23.9. The van der Waals surface area contributed by atoms with E-state index in [0.29, 0.717) is 29.7 Å². The summed E-state index contributed by atoms with van der Waals surface area (Å²) >= 11 is 1.57. The van der Waals surface area contributed by atoms with Gasteiger partial charge in [0.2, 0.25) is 5.82 Å². The smallest absolute Gasteiger partial charge is 0.291 e. The van der Waals surface area contributed by atoms with Crippen LogP contribution in [0.4, 0.5) is 5.82 Å². The number of piperidine rings is 1. The number of pyridine rings is 1. The number of anilines is 1. The minimum absolute atomic E-state index is 0.00771. The summed E-state index contributed by atoms with van der Waals surface area (Å²) in [4.78, 5) is 34.1. The largest absolute Gasteiger partial charge is 0.382 e. The zero-order chi connectivity index (χ0) is 28.5. The van der Waals surface area contributed by atoms with Crippen LogP contribution in [0, 0.1) is 6.92 Å². The van der Waals surface area contributed by atoms with E-state index >= 15 is 0 Å². The van der Waals surface area contributed by atoms with Gasteiger partial charge in [-0.05, 0) is 38.7 Å². The lowest BCUT2D eigenvalue weighted by Gasteiger charge is -2.38. The highest BCUT2D eigenvalue weighted by atomic mass is 32.2. The molecule has 41 heavy (non-hydrogen) atoms. The van der Waals surface area contributed by atoms with Crippen LogP contribution >= 0.6 is 11.3 Å². The van der Waals surface area contributed by atoms with Crippen LogP contribution in [0.25, 0.3) is 27.5 Å². The van der Waals surface area contributed by atoms with E-state index in [-0.39, 0.29) is 40.4 Å². The minimum Gasteiger partial charge on any atom is -0.382 e. The Morgan fingerprint density at radius 1 is 1.10 bits per heavy atom. The molecule has 0 radical (unpaired) electrons. The van der Waals surface area contributed by atoms with Gasteiger partial charge in [0.15, 0.2) is 15.5 Å². The van der Waals surface area contributed by atoms with E-state index in [0.717, 1.165) is 40.2 Å². The maximum atomic E-state index is 13.1. The highest BCUT2D eigenvalue weighted by Crippen LogP contribution is 2.45. The lowest BCUT2D eigenvalue weighted by Crippen LogP contribution is -2.46. The Kier molecular flexibility index (Phi) is 5.90. The fraction of sp³-hybridized carbons (Fsp3) is 0.346. The Morgan fingerprint density at radius 2 is 1.88 bits per heavy atom. The lowest BCUT2D eigenvalue weighted by atomic mass is 9.87. The standard InChI is InChI=1S/C26H26N10O3S2/c1-13-9-29-25(40-13)19-6-3-14(10-28-19)18-11-32-36-22(27)21(41(2,38)39)20(33-24(18)36)15-7-16-4-5-17(8-15)35(16)26(37)23-30-12-31-34-23/h3,6,9-12,15-17H,4-5,7-8,27H2,1-2H3,(H,30,31,34)/t15?,16-,17+. The third kappa shape index (κ3) is 4.26. The first-order valence-electron chi connectivity index (χ1n) is 13.1. The average Bonchev–Trinajstić information content (AvgIpc) is 3.74. The molecule has 5 aromatic heterocycles. The number of aromatic amines is 1. The van der Waals surface area contributed by atoms with Crippen molar-refractivity contribution in [3.8, 4) is 21.8 Å². The van der Waals surface area contributed by atoms with Gasteiger partial charge in [0.05, 0.1) is 17.6 Å². The highest BCUT2D eigenvalue weighted by molar-refractivity contribution is 7.91. The molecule has 0 spiro atoms. The van der Waals surface area contributed by atoms with Gasteiger partial charge in [0, 0.05) is 52.7 Å². The summed E-state index contributed by atoms with van der Waals surface area (Å²) in [7, 11) is -3.74. The van der Waals surface area contributed by atoms with Crippen molar-refractivity contribution >= 4 is 38.5 Å². The molecule has 2 saturated heterocycles. The molecule has 13 nitrogen and oxygen atoms in total. The Labute approximate surface area is 238 Å². The number of hydrogen-bond acceptors (Lipinski definition) is 11. The summed E-state index contributed by atoms with van der Waals surface area (Å²) < 4.78 is 27.5. The fourth-order valence-corrected chi connectivity index (χ4v) is 7.99. The summed E-state index contributed by atoms with van der Waals surface area (Å²) in [5.41, 5.74) is 9.61. The van der Waals surface area contributed by atoms with Crippen molar-refractivity contribution in [1.82, 2.24) is 44.6 Å². The molecule has 210 valence electrons. The zero-order valence-electron chi connectivity index (χ0n) is 22.2. The van der Waals surface area contributed by atoms with Crippen LogP contribution < -0.4 is 5.73 Å². The van der Waals surface area contributed by atoms with Gasteiger partial charge in [-0.3, -0.25) is 14.9 Å². The molecule has 0 saturated carbocycles. The van der Waals surface area contributed by atoms with Crippen molar-refractivity contribution in [1.29, 1.82) is 0 Å².